The Morgan fingerprint density at radius 2 is 0.825 bits per heavy atom. The normalized spacial score (nSPS) is 14.7. The molecule has 1 unspecified atom stereocenters. The van der Waals surface area contributed by atoms with Crippen LogP contribution in [-0.4, -0.2) is 0 Å². The summed E-state index contributed by atoms with van der Waals surface area (Å²) in [6.07, 6.45) is 0. The van der Waals surface area contributed by atoms with Gasteiger partial charge >= 0.3 is 0 Å². The Hall–Kier alpha value is -7.42. The first-order valence-electron chi connectivity index (χ1n) is 19.7. The topological polar surface area (TPSA) is 16.4 Å². The van der Waals surface area contributed by atoms with Crippen LogP contribution in [-0.2, 0) is 5.41 Å². The second-order valence-electron chi connectivity index (χ2n) is 15.2. The molecule has 12 rings (SSSR count). The summed E-state index contributed by atoms with van der Waals surface area (Å²) in [6.45, 7) is 0. The Morgan fingerprint density at radius 1 is 0.333 bits per heavy atom. The summed E-state index contributed by atoms with van der Waals surface area (Å²) in [7, 11) is 0. The highest BCUT2D eigenvalue weighted by atomic mass is 16.3. The molecule has 2 aliphatic carbocycles. The van der Waals surface area contributed by atoms with E-state index in [1.54, 1.807) is 0 Å². The molecule has 1 aromatic heterocycles. The molecule has 57 heavy (non-hydrogen) atoms. The van der Waals surface area contributed by atoms with Crippen molar-refractivity contribution in [2.24, 2.45) is 0 Å². The maximum atomic E-state index is 6.50. The molecule has 0 radical (unpaired) electrons. The maximum absolute atomic E-state index is 6.50. The number of hydrogen-bond donors (Lipinski definition) is 0. The zero-order valence-corrected chi connectivity index (χ0v) is 31.1. The second kappa shape index (κ2) is 12.3. The lowest BCUT2D eigenvalue weighted by Crippen LogP contribution is -2.26. The number of benzene rings is 9. The van der Waals surface area contributed by atoms with Crippen LogP contribution in [0.5, 0.6) is 0 Å². The molecule has 0 aliphatic heterocycles. The third-order valence-corrected chi connectivity index (χ3v) is 12.3. The van der Waals surface area contributed by atoms with Gasteiger partial charge in [-0.1, -0.05) is 170 Å². The summed E-state index contributed by atoms with van der Waals surface area (Å²) in [6, 6.07) is 77.4. The van der Waals surface area contributed by atoms with Crippen LogP contribution in [0.4, 0.5) is 17.1 Å². The smallest absolute Gasteiger partial charge is 0.136 e. The number of fused-ring (bicyclic) bond motifs is 14. The predicted molar refractivity (Wildman–Crippen MR) is 236 cm³/mol. The second-order valence-corrected chi connectivity index (χ2v) is 15.2. The Labute approximate surface area is 331 Å². The first kappa shape index (κ1) is 31.9. The highest BCUT2D eigenvalue weighted by molar-refractivity contribution is 6.16. The number of furan rings is 1. The zero-order chi connectivity index (χ0) is 37.5. The van der Waals surface area contributed by atoms with Crippen molar-refractivity contribution >= 4 is 39.0 Å². The molecular weight excluding hydrogens is 691 g/mol. The average Bonchev–Trinajstić information content (AvgIpc) is 3.92. The third kappa shape index (κ3) is 4.53. The van der Waals surface area contributed by atoms with Crippen LogP contribution < -0.4 is 4.90 Å². The quantitative estimate of drug-likeness (QED) is 0.176. The average molecular weight is 726 g/mol. The van der Waals surface area contributed by atoms with Crippen molar-refractivity contribution in [2.75, 3.05) is 4.90 Å². The summed E-state index contributed by atoms with van der Waals surface area (Å²) in [5.41, 5.74) is 19.8. The van der Waals surface area contributed by atoms with Crippen LogP contribution >= 0.6 is 0 Å². The Balaban J connectivity index is 1.12. The molecule has 1 heterocycles. The van der Waals surface area contributed by atoms with Gasteiger partial charge in [0, 0.05) is 27.7 Å². The molecule has 2 heteroatoms. The van der Waals surface area contributed by atoms with Crippen LogP contribution in [0.15, 0.2) is 217 Å². The fourth-order valence-electron chi connectivity index (χ4n) is 9.95. The number of para-hydroxylation sites is 1. The zero-order valence-electron chi connectivity index (χ0n) is 31.1. The minimum atomic E-state index is -0.513. The van der Waals surface area contributed by atoms with Crippen LogP contribution in [0.25, 0.3) is 66.4 Å². The standard InChI is InChI=1S/C55H35NO/c1-3-14-36(15-4-1)38-26-30-40(31-27-38)56(41-32-28-39(29-33-41)37-16-5-2-6-17-37)49-24-13-23-47-52(49)42-18-7-10-21-45(42)55(47)46-22-11-8-19-43(46)53-48(55)34-35-51-54(53)44-20-9-12-25-50(44)57-51/h1-35H. The van der Waals surface area contributed by atoms with Gasteiger partial charge in [-0.15, -0.1) is 0 Å². The van der Waals surface area contributed by atoms with Crippen LogP contribution in [0.2, 0.25) is 0 Å². The van der Waals surface area contributed by atoms with Crippen LogP contribution in [0.3, 0.4) is 0 Å². The van der Waals surface area contributed by atoms with E-state index in [0.29, 0.717) is 0 Å². The highest BCUT2D eigenvalue weighted by Crippen LogP contribution is 2.66. The van der Waals surface area contributed by atoms with E-state index in [2.05, 4.69) is 217 Å². The van der Waals surface area contributed by atoms with Crippen molar-refractivity contribution in [1.29, 1.82) is 0 Å². The molecule has 0 N–H and O–H groups in total. The van der Waals surface area contributed by atoms with E-state index in [1.807, 2.05) is 0 Å². The summed E-state index contributed by atoms with van der Waals surface area (Å²) in [5, 5.41) is 2.34. The van der Waals surface area contributed by atoms with Gasteiger partial charge in [-0.25, -0.2) is 0 Å². The number of hydrogen-bond acceptors (Lipinski definition) is 2. The van der Waals surface area contributed by atoms with Crippen molar-refractivity contribution in [3.05, 3.63) is 235 Å². The summed E-state index contributed by atoms with van der Waals surface area (Å²) in [5.74, 6) is 0. The van der Waals surface area contributed by atoms with Gasteiger partial charge in [0.2, 0.25) is 0 Å². The van der Waals surface area contributed by atoms with E-state index in [0.717, 1.165) is 33.6 Å². The minimum Gasteiger partial charge on any atom is -0.456 e. The maximum Gasteiger partial charge on any atom is 0.136 e. The molecule has 0 bridgehead atoms. The van der Waals surface area contributed by atoms with E-state index in [1.165, 1.54) is 72.1 Å². The molecule has 9 aromatic carbocycles. The predicted octanol–water partition coefficient (Wildman–Crippen LogP) is 14.7. The van der Waals surface area contributed by atoms with E-state index in [4.69, 9.17) is 4.42 Å². The van der Waals surface area contributed by atoms with E-state index >= 15 is 0 Å². The molecule has 0 fully saturated rings. The van der Waals surface area contributed by atoms with Crippen molar-refractivity contribution in [2.45, 2.75) is 5.41 Å². The first-order valence-corrected chi connectivity index (χ1v) is 19.7. The van der Waals surface area contributed by atoms with Gasteiger partial charge in [-0.05, 0) is 104 Å². The van der Waals surface area contributed by atoms with E-state index in [9.17, 15) is 0 Å². The van der Waals surface area contributed by atoms with Crippen LogP contribution in [0.1, 0.15) is 22.3 Å². The molecule has 1 atom stereocenters. The molecule has 1 spiro atoms. The SMILES string of the molecule is c1ccc(-c2ccc(N(c3ccc(-c4ccccc4)cc3)c3cccc4c3-c3ccccc3C43c4ccccc4-c4c3ccc3oc5ccccc5c43)cc2)cc1. The lowest BCUT2D eigenvalue weighted by Gasteiger charge is -2.32. The van der Waals surface area contributed by atoms with Gasteiger partial charge < -0.3 is 9.32 Å². The molecule has 0 saturated heterocycles. The third-order valence-electron chi connectivity index (χ3n) is 12.3. The summed E-state index contributed by atoms with van der Waals surface area (Å²) < 4.78 is 6.50. The molecular formula is C55H35NO. The highest BCUT2D eigenvalue weighted by Gasteiger charge is 2.53. The molecule has 2 aliphatic rings. The molecule has 0 saturated carbocycles. The Morgan fingerprint density at radius 3 is 1.46 bits per heavy atom. The molecule has 266 valence electrons. The Kier molecular flexibility index (Phi) is 6.88. The summed E-state index contributed by atoms with van der Waals surface area (Å²) >= 11 is 0. The fraction of sp³-hybridized carbons (Fsp3) is 0.0182. The van der Waals surface area contributed by atoms with Gasteiger partial charge in [0.25, 0.3) is 0 Å². The molecule has 0 amide bonds. The number of nitrogens with zero attached hydrogens (tertiary/aromatic N) is 1. The fourth-order valence-corrected chi connectivity index (χ4v) is 9.95. The lowest BCUT2D eigenvalue weighted by molar-refractivity contribution is 0.668. The van der Waals surface area contributed by atoms with Crippen molar-refractivity contribution in [3.8, 4) is 44.5 Å². The first-order chi connectivity index (χ1) is 28.3. The largest absolute Gasteiger partial charge is 0.456 e. The number of rotatable bonds is 5. The van der Waals surface area contributed by atoms with Gasteiger partial charge in [-0.2, -0.15) is 0 Å². The van der Waals surface area contributed by atoms with E-state index < -0.39 is 5.41 Å². The van der Waals surface area contributed by atoms with Crippen molar-refractivity contribution < 1.29 is 4.42 Å². The van der Waals surface area contributed by atoms with Gasteiger partial charge in [0.1, 0.15) is 11.2 Å². The van der Waals surface area contributed by atoms with E-state index in [-0.39, 0.29) is 0 Å². The molecule has 2 nitrogen and oxygen atoms in total. The monoisotopic (exact) mass is 725 g/mol. The minimum absolute atomic E-state index is 0.513. The summed E-state index contributed by atoms with van der Waals surface area (Å²) in [4.78, 5) is 2.45. The van der Waals surface area contributed by atoms with Gasteiger partial charge in [-0.3, -0.25) is 0 Å². The van der Waals surface area contributed by atoms with Gasteiger partial charge in [0.15, 0.2) is 0 Å². The van der Waals surface area contributed by atoms with Gasteiger partial charge in [0.05, 0.1) is 11.1 Å². The molecule has 10 aromatic rings. The van der Waals surface area contributed by atoms with Crippen molar-refractivity contribution in [3.63, 3.8) is 0 Å². The lowest BCUT2D eigenvalue weighted by atomic mass is 9.70. The van der Waals surface area contributed by atoms with Crippen molar-refractivity contribution in [1.82, 2.24) is 0 Å². The van der Waals surface area contributed by atoms with Crippen LogP contribution in [0, 0.1) is 0 Å². The number of anilines is 3. The Bertz CT molecular complexity index is 3080.